The second-order valence-electron chi connectivity index (χ2n) is 8.19. The Morgan fingerprint density at radius 1 is 1.18 bits per heavy atom. The summed E-state index contributed by atoms with van der Waals surface area (Å²) >= 11 is 0. The van der Waals surface area contributed by atoms with Crippen LogP contribution in [0.3, 0.4) is 0 Å². The van der Waals surface area contributed by atoms with Crippen LogP contribution in [-0.2, 0) is 4.79 Å². The zero-order chi connectivity index (χ0) is 23.6. The molecule has 2 fully saturated rings. The number of aromatic nitrogens is 3. The Hall–Kier alpha value is -3.21. The fourth-order valence-corrected chi connectivity index (χ4v) is 3.92. The number of carbonyl (C=O) groups is 1. The fourth-order valence-electron chi connectivity index (χ4n) is 3.92. The van der Waals surface area contributed by atoms with Gasteiger partial charge in [0.15, 0.2) is 11.6 Å². The molecule has 6 N–H and O–H groups in total. The normalized spacial score (nSPS) is 18.2. The number of carboxylic acids is 1. The maximum atomic E-state index is 13.8. The van der Waals surface area contributed by atoms with Gasteiger partial charge in [0.05, 0.1) is 7.11 Å². The van der Waals surface area contributed by atoms with Gasteiger partial charge in [0.1, 0.15) is 6.04 Å². The number of rotatable bonds is 7. The van der Waals surface area contributed by atoms with Crippen LogP contribution < -0.4 is 26.4 Å². The maximum Gasteiger partial charge on any atom is 0.320 e. The first-order valence-electron chi connectivity index (χ1n) is 11.3. The van der Waals surface area contributed by atoms with E-state index in [4.69, 9.17) is 15.6 Å². The lowest BCUT2D eigenvalue weighted by Gasteiger charge is -2.21. The van der Waals surface area contributed by atoms with Gasteiger partial charge in [-0.05, 0) is 50.3 Å². The standard InChI is InChI=1S/C17H23FN6O.C5H9NO2/c1-25-14-8-7-12(9-13(14)18)21-17-23-15(19)22-16(24-17)20-10-11-5-3-2-4-6-11;7-5(8)4-2-1-3-6-4/h7-9,11H,2-6,10H2,1H3,(H4,19,20,21,22,23,24);4,6H,1-3H2,(H,7,8). The second kappa shape index (κ2) is 12.1. The molecule has 1 atom stereocenters. The molecule has 1 saturated carbocycles. The molecule has 1 aliphatic heterocycles. The van der Waals surface area contributed by atoms with Crippen LogP contribution in [-0.4, -0.2) is 52.3 Å². The van der Waals surface area contributed by atoms with Gasteiger partial charge in [-0.2, -0.15) is 15.0 Å². The Labute approximate surface area is 192 Å². The van der Waals surface area contributed by atoms with Gasteiger partial charge in [-0.1, -0.05) is 19.3 Å². The quantitative estimate of drug-likeness (QED) is 0.416. The molecular weight excluding hydrogens is 429 g/mol. The summed E-state index contributed by atoms with van der Waals surface area (Å²) in [4.78, 5) is 22.6. The van der Waals surface area contributed by atoms with Crippen LogP contribution >= 0.6 is 0 Å². The number of halogens is 1. The summed E-state index contributed by atoms with van der Waals surface area (Å²) in [6.45, 7) is 1.68. The smallest absolute Gasteiger partial charge is 0.320 e. The Morgan fingerprint density at radius 2 is 1.94 bits per heavy atom. The molecule has 4 rings (SSSR count). The third-order valence-corrected chi connectivity index (χ3v) is 5.69. The summed E-state index contributed by atoms with van der Waals surface area (Å²) in [7, 11) is 1.42. The number of carboxylic acid groups (broad SMARTS) is 1. The molecule has 0 amide bonds. The minimum absolute atomic E-state index is 0.109. The number of ether oxygens (including phenoxy) is 1. The van der Waals surface area contributed by atoms with Crippen LogP contribution in [0, 0.1) is 11.7 Å². The molecule has 180 valence electrons. The van der Waals surface area contributed by atoms with Crippen molar-refractivity contribution in [3.8, 4) is 5.75 Å². The van der Waals surface area contributed by atoms with Gasteiger partial charge in [-0.3, -0.25) is 4.79 Å². The summed E-state index contributed by atoms with van der Waals surface area (Å²) in [5, 5.41) is 17.4. The Balaban J connectivity index is 0.000000323. The van der Waals surface area contributed by atoms with Crippen molar-refractivity contribution in [1.82, 2.24) is 20.3 Å². The Morgan fingerprint density at radius 3 is 2.55 bits per heavy atom. The van der Waals surface area contributed by atoms with E-state index in [1.165, 1.54) is 51.3 Å². The van der Waals surface area contributed by atoms with E-state index in [0.717, 1.165) is 25.9 Å². The van der Waals surface area contributed by atoms with Crippen molar-refractivity contribution >= 4 is 29.5 Å². The first-order valence-corrected chi connectivity index (χ1v) is 11.3. The number of nitrogens with zero attached hydrogens (tertiary/aromatic N) is 3. The van der Waals surface area contributed by atoms with Crippen molar-refractivity contribution in [3.05, 3.63) is 24.0 Å². The molecule has 33 heavy (non-hydrogen) atoms. The van der Waals surface area contributed by atoms with Gasteiger partial charge in [-0.25, -0.2) is 4.39 Å². The van der Waals surface area contributed by atoms with Gasteiger partial charge in [0.25, 0.3) is 0 Å². The Kier molecular flexibility index (Phi) is 8.99. The van der Waals surface area contributed by atoms with Gasteiger partial charge in [-0.15, -0.1) is 0 Å². The molecule has 1 aliphatic carbocycles. The molecule has 1 unspecified atom stereocenters. The summed E-state index contributed by atoms with van der Waals surface area (Å²) in [6.07, 6.45) is 8.12. The van der Waals surface area contributed by atoms with E-state index in [2.05, 4.69) is 30.9 Å². The van der Waals surface area contributed by atoms with E-state index in [0.29, 0.717) is 17.6 Å². The first-order chi connectivity index (χ1) is 15.9. The number of hydrogen-bond donors (Lipinski definition) is 5. The molecule has 0 bridgehead atoms. The molecule has 0 radical (unpaired) electrons. The number of hydrogen-bond acceptors (Lipinski definition) is 9. The van der Waals surface area contributed by atoms with Crippen LogP contribution in [0.15, 0.2) is 18.2 Å². The molecule has 2 aliphatic rings. The molecule has 0 spiro atoms. The van der Waals surface area contributed by atoms with Crippen molar-refractivity contribution < 1.29 is 19.0 Å². The highest BCUT2D eigenvalue weighted by molar-refractivity contribution is 5.73. The molecule has 11 heteroatoms. The largest absolute Gasteiger partial charge is 0.494 e. The topological polar surface area (TPSA) is 147 Å². The van der Waals surface area contributed by atoms with Gasteiger partial charge < -0.3 is 31.5 Å². The van der Waals surface area contributed by atoms with Crippen LogP contribution in [0.4, 0.5) is 27.9 Å². The van der Waals surface area contributed by atoms with Crippen molar-refractivity contribution in [3.63, 3.8) is 0 Å². The molecular formula is C22H32FN7O3. The van der Waals surface area contributed by atoms with Crippen molar-refractivity contribution in [2.75, 3.05) is 36.6 Å². The predicted octanol–water partition coefficient (Wildman–Crippen LogP) is 3.16. The lowest BCUT2D eigenvalue weighted by molar-refractivity contribution is -0.139. The third-order valence-electron chi connectivity index (χ3n) is 5.69. The predicted molar refractivity (Wildman–Crippen MR) is 124 cm³/mol. The van der Waals surface area contributed by atoms with Gasteiger partial charge >= 0.3 is 5.97 Å². The van der Waals surface area contributed by atoms with Crippen molar-refractivity contribution in [1.29, 1.82) is 0 Å². The maximum absolute atomic E-state index is 13.8. The first kappa shape index (κ1) is 24.4. The minimum Gasteiger partial charge on any atom is -0.494 e. The molecule has 10 nitrogen and oxygen atoms in total. The second-order valence-corrected chi connectivity index (χ2v) is 8.19. The molecule has 2 aromatic rings. The summed E-state index contributed by atoms with van der Waals surface area (Å²) in [6, 6.07) is 4.25. The fraction of sp³-hybridized carbons (Fsp3) is 0.545. The zero-order valence-corrected chi connectivity index (χ0v) is 18.8. The minimum atomic E-state index is -0.720. The summed E-state index contributed by atoms with van der Waals surface area (Å²) in [5.41, 5.74) is 6.26. The molecule has 1 saturated heterocycles. The number of aliphatic carboxylic acids is 1. The van der Waals surface area contributed by atoms with Crippen LogP contribution in [0.2, 0.25) is 0 Å². The van der Waals surface area contributed by atoms with Gasteiger partial charge in [0.2, 0.25) is 17.8 Å². The Bertz CT molecular complexity index is 919. The van der Waals surface area contributed by atoms with Gasteiger partial charge in [0, 0.05) is 18.3 Å². The van der Waals surface area contributed by atoms with Crippen LogP contribution in [0.5, 0.6) is 5.75 Å². The molecule has 1 aromatic carbocycles. The molecule has 1 aromatic heterocycles. The van der Waals surface area contributed by atoms with Crippen molar-refractivity contribution in [2.24, 2.45) is 5.92 Å². The summed E-state index contributed by atoms with van der Waals surface area (Å²) in [5.74, 6) is 0.428. The van der Waals surface area contributed by atoms with E-state index >= 15 is 0 Å². The lowest BCUT2D eigenvalue weighted by Crippen LogP contribution is -2.29. The third kappa shape index (κ3) is 7.70. The molecule has 2 heterocycles. The average Bonchev–Trinajstić information content (AvgIpc) is 3.34. The SMILES string of the molecule is COc1ccc(Nc2nc(N)nc(NCC3CCCCC3)n2)cc1F.O=C(O)C1CCCN1. The van der Waals surface area contributed by atoms with Crippen LogP contribution in [0.1, 0.15) is 44.9 Å². The highest BCUT2D eigenvalue weighted by atomic mass is 19.1. The average molecular weight is 462 g/mol. The number of nitrogen functional groups attached to an aromatic ring is 1. The van der Waals surface area contributed by atoms with E-state index in [-0.39, 0.29) is 23.7 Å². The monoisotopic (exact) mass is 461 g/mol. The summed E-state index contributed by atoms with van der Waals surface area (Å²) < 4.78 is 18.7. The van der Waals surface area contributed by atoms with E-state index in [9.17, 15) is 9.18 Å². The van der Waals surface area contributed by atoms with Crippen molar-refractivity contribution in [2.45, 2.75) is 51.0 Å². The highest BCUT2D eigenvalue weighted by Gasteiger charge is 2.20. The van der Waals surface area contributed by atoms with E-state index in [1.807, 2.05) is 0 Å². The highest BCUT2D eigenvalue weighted by Crippen LogP contribution is 2.25. The number of methoxy groups -OCH3 is 1. The lowest BCUT2D eigenvalue weighted by atomic mass is 9.89. The number of nitrogens with one attached hydrogen (secondary N) is 3. The number of benzene rings is 1. The number of anilines is 4. The van der Waals surface area contributed by atoms with Crippen LogP contribution in [0.25, 0.3) is 0 Å². The van der Waals surface area contributed by atoms with E-state index in [1.54, 1.807) is 6.07 Å². The number of nitrogens with two attached hydrogens (primary N) is 1. The van der Waals surface area contributed by atoms with E-state index < -0.39 is 11.8 Å². The zero-order valence-electron chi connectivity index (χ0n) is 18.8.